The van der Waals surface area contributed by atoms with Crippen LogP contribution in [0.1, 0.15) is 96.0 Å². The van der Waals surface area contributed by atoms with Gasteiger partial charge in [-0.05, 0) is 43.7 Å². The Bertz CT molecular complexity index is 1390. The number of amides is 3. The minimum Gasteiger partial charge on any atom is -0.361 e. The first-order chi connectivity index (χ1) is 20.2. The molecule has 226 valence electrons. The molecule has 0 aliphatic carbocycles. The summed E-state index contributed by atoms with van der Waals surface area (Å²) in [4.78, 5) is 56.0. The zero-order chi connectivity index (χ0) is 30.2. The monoisotopic (exact) mass is 577 g/mol. The van der Waals surface area contributed by atoms with Crippen molar-refractivity contribution in [3.8, 4) is 0 Å². The van der Waals surface area contributed by atoms with Crippen LogP contribution in [-0.4, -0.2) is 55.6 Å². The fourth-order valence-electron chi connectivity index (χ4n) is 5.50. The highest BCUT2D eigenvalue weighted by Gasteiger charge is 2.33. The Kier molecular flexibility index (Phi) is 10.5. The van der Waals surface area contributed by atoms with E-state index in [2.05, 4.69) is 45.1 Å². The lowest BCUT2D eigenvalue weighted by Gasteiger charge is -2.29. The molecule has 0 unspecified atom stereocenters. The summed E-state index contributed by atoms with van der Waals surface area (Å²) in [6, 6.07) is 4.90. The summed E-state index contributed by atoms with van der Waals surface area (Å²) < 4.78 is 1.53. The van der Waals surface area contributed by atoms with Crippen LogP contribution in [0.3, 0.4) is 0 Å². The van der Waals surface area contributed by atoms with Gasteiger partial charge in [0.25, 0.3) is 0 Å². The van der Waals surface area contributed by atoms with Crippen LogP contribution in [0.5, 0.6) is 0 Å². The number of rotatable bonds is 11. The van der Waals surface area contributed by atoms with Gasteiger partial charge in [0, 0.05) is 36.4 Å². The standard InChI is InChI=1S/C31H43N7O4/c1-5-22(39)11-7-6-8-14-25-30(41)36-27(16-21-17-32-24-13-10-9-12-23(21)24)31(42)35-26(15-19(2)3)28-18-33-37-38(28)20(4)29(40)34-25/h9-10,12-13,17-20,25-27,32H,5-8,11,14-16H2,1-4H3,(H,34,40)(H,35,42)(H,36,41)/t20-,25+,26-,27+/m1/s1. The molecule has 3 aromatic rings. The van der Waals surface area contributed by atoms with Crippen LogP contribution in [0.2, 0.25) is 0 Å². The van der Waals surface area contributed by atoms with Crippen molar-refractivity contribution < 1.29 is 19.2 Å². The van der Waals surface area contributed by atoms with Crippen molar-refractivity contribution in [3.05, 3.63) is 47.9 Å². The van der Waals surface area contributed by atoms with E-state index in [4.69, 9.17) is 0 Å². The Morgan fingerprint density at radius 3 is 2.43 bits per heavy atom. The van der Waals surface area contributed by atoms with Gasteiger partial charge in [0.05, 0.1) is 17.9 Å². The third-order valence-electron chi connectivity index (χ3n) is 7.94. The number of carbonyl (C=O) groups is 4. The molecule has 42 heavy (non-hydrogen) atoms. The molecule has 0 spiro atoms. The van der Waals surface area contributed by atoms with E-state index in [1.54, 1.807) is 13.1 Å². The van der Waals surface area contributed by atoms with Crippen molar-refractivity contribution in [1.82, 2.24) is 35.9 Å². The summed E-state index contributed by atoms with van der Waals surface area (Å²) in [5.74, 6) is -0.643. The van der Waals surface area contributed by atoms with Crippen LogP contribution < -0.4 is 16.0 Å². The van der Waals surface area contributed by atoms with E-state index in [-0.39, 0.29) is 29.9 Å². The van der Waals surface area contributed by atoms with E-state index in [1.165, 1.54) is 4.68 Å². The SMILES string of the molecule is CCC(=O)CCCCC[C@@H]1NC(=O)[C@@H](C)n2nncc2[C@@H](CC(C)C)NC(=O)[C@H](Cc2c[nH]c3ccccc23)NC1=O. The highest BCUT2D eigenvalue weighted by molar-refractivity contribution is 5.93. The maximum Gasteiger partial charge on any atom is 0.245 e. The Hall–Kier alpha value is -4.02. The van der Waals surface area contributed by atoms with Gasteiger partial charge in [0.1, 0.15) is 23.9 Å². The molecule has 0 saturated heterocycles. The second-order valence-electron chi connectivity index (χ2n) is 11.6. The number of aromatic nitrogens is 4. The van der Waals surface area contributed by atoms with Crippen LogP contribution in [0.15, 0.2) is 36.7 Å². The molecular weight excluding hydrogens is 534 g/mol. The van der Waals surface area contributed by atoms with Gasteiger partial charge in [0.15, 0.2) is 0 Å². The average molecular weight is 578 g/mol. The van der Waals surface area contributed by atoms with Crippen LogP contribution in [0, 0.1) is 5.92 Å². The number of fused-ring (bicyclic) bond motifs is 2. The molecule has 2 aromatic heterocycles. The van der Waals surface area contributed by atoms with Crippen LogP contribution in [0.4, 0.5) is 0 Å². The quantitative estimate of drug-likeness (QED) is 0.255. The fourth-order valence-corrected chi connectivity index (χ4v) is 5.50. The van der Waals surface area contributed by atoms with Crippen LogP contribution in [-0.2, 0) is 25.6 Å². The molecule has 11 nitrogen and oxygen atoms in total. The number of aromatic amines is 1. The zero-order valence-electron chi connectivity index (χ0n) is 25.0. The topological polar surface area (TPSA) is 151 Å². The number of nitrogens with zero attached hydrogens (tertiary/aromatic N) is 3. The Balaban J connectivity index is 1.64. The normalized spacial score (nSPS) is 21.7. The Morgan fingerprint density at radius 1 is 0.952 bits per heavy atom. The predicted octanol–water partition coefficient (Wildman–Crippen LogP) is 3.68. The van der Waals surface area contributed by atoms with E-state index >= 15 is 0 Å². The smallest absolute Gasteiger partial charge is 0.245 e. The van der Waals surface area contributed by atoms with Crippen LogP contribution >= 0.6 is 0 Å². The summed E-state index contributed by atoms with van der Waals surface area (Å²) in [6.07, 6.45) is 7.86. The molecule has 4 N–H and O–H groups in total. The maximum atomic E-state index is 13.9. The first-order valence-electron chi connectivity index (χ1n) is 15.1. The molecule has 0 fully saturated rings. The van der Waals surface area contributed by atoms with E-state index in [9.17, 15) is 19.2 Å². The van der Waals surface area contributed by atoms with Gasteiger partial charge >= 0.3 is 0 Å². The molecule has 0 radical (unpaired) electrons. The molecule has 4 atom stereocenters. The highest BCUT2D eigenvalue weighted by atomic mass is 16.2. The highest BCUT2D eigenvalue weighted by Crippen LogP contribution is 2.25. The molecule has 1 aromatic carbocycles. The molecule has 4 rings (SSSR count). The first kappa shape index (κ1) is 30.9. The van der Waals surface area contributed by atoms with Crippen molar-refractivity contribution in [2.24, 2.45) is 5.92 Å². The second-order valence-corrected chi connectivity index (χ2v) is 11.6. The zero-order valence-corrected chi connectivity index (χ0v) is 25.0. The summed E-state index contributed by atoms with van der Waals surface area (Å²) in [7, 11) is 0. The molecule has 1 aliphatic heterocycles. The largest absolute Gasteiger partial charge is 0.361 e. The van der Waals surface area contributed by atoms with E-state index < -0.39 is 30.1 Å². The lowest BCUT2D eigenvalue weighted by molar-refractivity contribution is -0.133. The molecule has 3 heterocycles. The number of unbranched alkanes of at least 4 members (excludes halogenated alkanes) is 2. The number of ketones is 1. The molecular formula is C31H43N7O4. The minimum absolute atomic E-state index is 0.214. The molecule has 1 aliphatic rings. The van der Waals surface area contributed by atoms with E-state index in [1.807, 2.05) is 37.4 Å². The Morgan fingerprint density at radius 2 is 1.67 bits per heavy atom. The van der Waals surface area contributed by atoms with Crippen LogP contribution in [0.25, 0.3) is 10.9 Å². The predicted molar refractivity (Wildman–Crippen MR) is 159 cm³/mol. The summed E-state index contributed by atoms with van der Waals surface area (Å²) in [5.41, 5.74) is 2.48. The summed E-state index contributed by atoms with van der Waals surface area (Å²) in [6.45, 7) is 7.67. The summed E-state index contributed by atoms with van der Waals surface area (Å²) >= 11 is 0. The second kappa shape index (κ2) is 14.2. The third kappa shape index (κ3) is 7.63. The van der Waals surface area contributed by atoms with Crippen molar-refractivity contribution in [3.63, 3.8) is 0 Å². The minimum atomic E-state index is -0.880. The van der Waals surface area contributed by atoms with Gasteiger partial charge in [0.2, 0.25) is 17.7 Å². The maximum absolute atomic E-state index is 13.9. The van der Waals surface area contributed by atoms with Crippen molar-refractivity contribution in [1.29, 1.82) is 0 Å². The van der Waals surface area contributed by atoms with Gasteiger partial charge in [-0.1, -0.05) is 57.0 Å². The lowest BCUT2D eigenvalue weighted by atomic mass is 9.98. The molecule has 0 saturated carbocycles. The number of carbonyl (C=O) groups excluding carboxylic acids is 4. The van der Waals surface area contributed by atoms with Gasteiger partial charge in [-0.2, -0.15) is 0 Å². The number of benzene rings is 1. The van der Waals surface area contributed by atoms with E-state index in [0.29, 0.717) is 37.8 Å². The number of hydrogen-bond donors (Lipinski definition) is 4. The van der Waals surface area contributed by atoms with Crippen molar-refractivity contribution in [2.75, 3.05) is 0 Å². The van der Waals surface area contributed by atoms with Crippen molar-refractivity contribution in [2.45, 2.75) is 103 Å². The third-order valence-corrected chi connectivity index (χ3v) is 7.94. The van der Waals surface area contributed by atoms with Crippen molar-refractivity contribution >= 4 is 34.4 Å². The molecule has 11 heteroatoms. The Labute approximate surface area is 246 Å². The van der Waals surface area contributed by atoms with Gasteiger partial charge in [-0.3, -0.25) is 19.2 Å². The molecule has 3 amide bonds. The van der Waals surface area contributed by atoms with Gasteiger partial charge in [-0.15, -0.1) is 5.10 Å². The number of nitrogens with one attached hydrogen (secondary N) is 4. The fraction of sp³-hybridized carbons (Fsp3) is 0.548. The number of para-hydroxylation sites is 1. The van der Waals surface area contributed by atoms with E-state index in [0.717, 1.165) is 29.3 Å². The number of H-pyrrole nitrogens is 1. The average Bonchev–Trinajstić information content (AvgIpc) is 3.62. The molecule has 0 bridgehead atoms. The first-order valence-corrected chi connectivity index (χ1v) is 15.1. The number of hydrogen-bond acceptors (Lipinski definition) is 6. The summed E-state index contributed by atoms with van der Waals surface area (Å²) in [5, 5.41) is 18.2. The van der Waals surface area contributed by atoms with Gasteiger partial charge in [-0.25, -0.2) is 4.68 Å². The lowest BCUT2D eigenvalue weighted by Crippen LogP contribution is -2.56. The number of Topliss-reactive ketones (excluding diaryl/α,β-unsaturated/α-hetero) is 1. The van der Waals surface area contributed by atoms with Gasteiger partial charge < -0.3 is 20.9 Å².